The fraction of sp³-hybridized carbons (Fsp3) is 0.417. The van der Waals surface area contributed by atoms with Crippen LogP contribution in [0.3, 0.4) is 0 Å². The molecule has 3 nitrogen and oxygen atoms in total. The number of hydrogen-bond donors (Lipinski definition) is 2. The van der Waals surface area contributed by atoms with Crippen molar-refractivity contribution >= 4 is 46.6 Å². The SMILES string of the molecule is Cc1ccc(NC(=O)[C@@H](N)C(C)C)cc1I.Cl. The molecule has 0 aliphatic carbocycles. The Morgan fingerprint density at radius 1 is 1.41 bits per heavy atom. The summed E-state index contributed by atoms with van der Waals surface area (Å²) in [6.07, 6.45) is 0. The summed E-state index contributed by atoms with van der Waals surface area (Å²) < 4.78 is 1.13. The van der Waals surface area contributed by atoms with Gasteiger partial charge in [0.1, 0.15) is 0 Å². The molecule has 17 heavy (non-hydrogen) atoms. The van der Waals surface area contributed by atoms with Crippen molar-refractivity contribution in [2.75, 3.05) is 5.32 Å². The molecule has 1 aromatic carbocycles. The van der Waals surface area contributed by atoms with Crippen LogP contribution in [0.15, 0.2) is 18.2 Å². The van der Waals surface area contributed by atoms with E-state index in [4.69, 9.17) is 5.73 Å². The molecule has 0 aromatic heterocycles. The summed E-state index contributed by atoms with van der Waals surface area (Å²) in [6, 6.07) is 5.36. The van der Waals surface area contributed by atoms with Crippen LogP contribution in [0.1, 0.15) is 19.4 Å². The highest BCUT2D eigenvalue weighted by Crippen LogP contribution is 2.17. The first kappa shape index (κ1) is 16.7. The van der Waals surface area contributed by atoms with Crippen LogP contribution in [0.25, 0.3) is 0 Å². The smallest absolute Gasteiger partial charge is 0.241 e. The van der Waals surface area contributed by atoms with E-state index in [9.17, 15) is 4.79 Å². The zero-order valence-corrected chi connectivity index (χ0v) is 13.1. The first-order valence-electron chi connectivity index (χ1n) is 5.24. The lowest BCUT2D eigenvalue weighted by molar-refractivity contribution is -0.118. The molecule has 1 aromatic rings. The molecule has 1 amide bonds. The molecule has 3 N–H and O–H groups in total. The molecule has 0 bridgehead atoms. The molecule has 1 rings (SSSR count). The number of nitrogens with one attached hydrogen (secondary N) is 1. The third-order valence-electron chi connectivity index (χ3n) is 2.46. The number of amides is 1. The number of halogens is 2. The molecule has 96 valence electrons. The van der Waals surface area contributed by atoms with Gasteiger partial charge in [-0.25, -0.2) is 0 Å². The van der Waals surface area contributed by atoms with E-state index in [0.717, 1.165) is 9.26 Å². The molecular formula is C12H18ClIN2O. The second kappa shape index (κ2) is 7.18. The number of hydrogen-bond acceptors (Lipinski definition) is 2. The van der Waals surface area contributed by atoms with Gasteiger partial charge in [-0.2, -0.15) is 0 Å². The molecule has 1 atom stereocenters. The molecule has 0 heterocycles. The number of rotatable bonds is 3. The van der Waals surface area contributed by atoms with Crippen molar-refractivity contribution in [1.82, 2.24) is 0 Å². The van der Waals surface area contributed by atoms with E-state index in [1.807, 2.05) is 39.0 Å². The highest BCUT2D eigenvalue weighted by molar-refractivity contribution is 14.1. The van der Waals surface area contributed by atoms with Gasteiger partial charge in [0.15, 0.2) is 0 Å². The van der Waals surface area contributed by atoms with Crippen LogP contribution in [0.5, 0.6) is 0 Å². The van der Waals surface area contributed by atoms with E-state index in [2.05, 4.69) is 27.9 Å². The first-order valence-corrected chi connectivity index (χ1v) is 6.32. The van der Waals surface area contributed by atoms with Gasteiger partial charge in [-0.1, -0.05) is 19.9 Å². The lowest BCUT2D eigenvalue weighted by atomic mass is 10.0. The standard InChI is InChI=1S/C12H17IN2O.ClH/c1-7(2)11(14)12(16)15-9-5-4-8(3)10(13)6-9;/h4-7,11H,14H2,1-3H3,(H,15,16);1H/t11-;/m0./s1. The minimum absolute atomic E-state index is 0. The van der Waals surface area contributed by atoms with Crippen LogP contribution in [0.2, 0.25) is 0 Å². The van der Waals surface area contributed by atoms with Crippen molar-refractivity contribution in [2.24, 2.45) is 11.7 Å². The number of anilines is 1. The van der Waals surface area contributed by atoms with E-state index >= 15 is 0 Å². The summed E-state index contributed by atoms with van der Waals surface area (Å²) in [5.74, 6) is 0.0131. The number of aryl methyl sites for hydroxylation is 1. The largest absolute Gasteiger partial charge is 0.325 e. The monoisotopic (exact) mass is 368 g/mol. The Morgan fingerprint density at radius 3 is 2.47 bits per heavy atom. The normalized spacial score (nSPS) is 11.9. The fourth-order valence-corrected chi connectivity index (χ4v) is 1.71. The van der Waals surface area contributed by atoms with Crippen LogP contribution in [0.4, 0.5) is 5.69 Å². The lowest BCUT2D eigenvalue weighted by Crippen LogP contribution is -2.39. The van der Waals surface area contributed by atoms with Gasteiger partial charge in [0.2, 0.25) is 5.91 Å². The summed E-state index contributed by atoms with van der Waals surface area (Å²) in [7, 11) is 0. The van der Waals surface area contributed by atoms with Crippen LogP contribution in [-0.4, -0.2) is 11.9 Å². The predicted molar refractivity (Wildman–Crippen MR) is 82.6 cm³/mol. The van der Waals surface area contributed by atoms with E-state index in [1.165, 1.54) is 5.56 Å². The molecule has 0 aliphatic heterocycles. The van der Waals surface area contributed by atoms with Crippen molar-refractivity contribution in [3.05, 3.63) is 27.3 Å². The predicted octanol–water partition coefficient (Wildman–Crippen LogP) is 2.94. The number of carbonyl (C=O) groups excluding carboxylic acids is 1. The number of carbonyl (C=O) groups is 1. The molecule has 0 fully saturated rings. The van der Waals surface area contributed by atoms with Crippen molar-refractivity contribution in [2.45, 2.75) is 26.8 Å². The van der Waals surface area contributed by atoms with Gasteiger partial charge in [0.05, 0.1) is 6.04 Å². The second-order valence-electron chi connectivity index (χ2n) is 4.22. The topological polar surface area (TPSA) is 55.1 Å². The molecular weight excluding hydrogens is 351 g/mol. The molecule has 0 radical (unpaired) electrons. The van der Waals surface area contributed by atoms with E-state index in [0.29, 0.717) is 0 Å². The molecule has 0 saturated carbocycles. The summed E-state index contributed by atoms with van der Waals surface area (Å²) in [4.78, 5) is 11.7. The lowest BCUT2D eigenvalue weighted by Gasteiger charge is -2.15. The van der Waals surface area contributed by atoms with E-state index in [1.54, 1.807) is 0 Å². The highest BCUT2D eigenvalue weighted by atomic mass is 127. The summed E-state index contributed by atoms with van der Waals surface area (Å²) in [6.45, 7) is 5.90. The van der Waals surface area contributed by atoms with Crippen molar-refractivity contribution in [1.29, 1.82) is 0 Å². The zero-order valence-electron chi connectivity index (χ0n) is 10.2. The van der Waals surface area contributed by atoms with Crippen LogP contribution in [0, 0.1) is 16.4 Å². The van der Waals surface area contributed by atoms with Gasteiger partial charge >= 0.3 is 0 Å². The van der Waals surface area contributed by atoms with Gasteiger partial charge in [0.25, 0.3) is 0 Å². The Kier molecular flexibility index (Phi) is 7.04. The Balaban J connectivity index is 0.00000256. The minimum Gasteiger partial charge on any atom is -0.325 e. The highest BCUT2D eigenvalue weighted by Gasteiger charge is 2.17. The van der Waals surface area contributed by atoms with Gasteiger partial charge in [-0.05, 0) is 53.1 Å². The molecule has 0 saturated heterocycles. The van der Waals surface area contributed by atoms with Crippen molar-refractivity contribution < 1.29 is 4.79 Å². The van der Waals surface area contributed by atoms with E-state index in [-0.39, 0.29) is 24.2 Å². The quantitative estimate of drug-likeness (QED) is 0.806. The van der Waals surface area contributed by atoms with Crippen LogP contribution < -0.4 is 11.1 Å². The van der Waals surface area contributed by atoms with Crippen molar-refractivity contribution in [3.63, 3.8) is 0 Å². The van der Waals surface area contributed by atoms with E-state index < -0.39 is 6.04 Å². The Hall–Kier alpha value is -0.330. The van der Waals surface area contributed by atoms with Crippen LogP contribution >= 0.6 is 35.0 Å². The molecule has 0 spiro atoms. The minimum atomic E-state index is -0.459. The van der Waals surface area contributed by atoms with Crippen LogP contribution in [-0.2, 0) is 4.79 Å². The average molecular weight is 369 g/mol. The van der Waals surface area contributed by atoms with Gasteiger partial charge in [0, 0.05) is 9.26 Å². The fourth-order valence-electron chi connectivity index (χ4n) is 1.20. The zero-order chi connectivity index (χ0) is 12.3. The summed E-state index contributed by atoms with van der Waals surface area (Å²) in [5.41, 5.74) is 7.76. The maximum absolute atomic E-state index is 11.7. The average Bonchev–Trinajstić information content (AvgIpc) is 2.22. The number of nitrogens with two attached hydrogens (primary N) is 1. The third kappa shape index (κ3) is 4.81. The number of benzene rings is 1. The molecule has 0 unspecified atom stereocenters. The maximum Gasteiger partial charge on any atom is 0.241 e. The third-order valence-corrected chi connectivity index (χ3v) is 3.62. The van der Waals surface area contributed by atoms with Gasteiger partial charge in [-0.15, -0.1) is 12.4 Å². The van der Waals surface area contributed by atoms with Gasteiger partial charge in [-0.3, -0.25) is 4.79 Å². The van der Waals surface area contributed by atoms with Crippen molar-refractivity contribution in [3.8, 4) is 0 Å². The Bertz CT molecular complexity index is 396. The first-order chi connectivity index (χ1) is 7.41. The Labute approximate surface area is 122 Å². The summed E-state index contributed by atoms with van der Waals surface area (Å²) >= 11 is 2.24. The maximum atomic E-state index is 11.7. The summed E-state index contributed by atoms with van der Waals surface area (Å²) in [5, 5.41) is 2.82. The Morgan fingerprint density at radius 2 is 2.00 bits per heavy atom. The molecule has 5 heteroatoms. The molecule has 0 aliphatic rings. The second-order valence-corrected chi connectivity index (χ2v) is 5.39. The van der Waals surface area contributed by atoms with Gasteiger partial charge < -0.3 is 11.1 Å².